The number of benzene rings is 1. The summed E-state index contributed by atoms with van der Waals surface area (Å²) in [6.07, 6.45) is 0. The number of aliphatic hydroxyl groups excluding tert-OH is 1. The maximum absolute atomic E-state index is 9.13. The van der Waals surface area contributed by atoms with Crippen LogP contribution in [0, 0.1) is 11.7 Å². The molecule has 2 rings (SSSR count). The number of aliphatic hydroxyl groups is 1. The lowest BCUT2D eigenvalue weighted by atomic mass is 10.1. The van der Waals surface area contributed by atoms with Crippen LogP contribution in [0.5, 0.6) is 0 Å². The lowest BCUT2D eigenvalue weighted by molar-refractivity contribution is 0.265. The molecule has 0 radical (unpaired) electrons. The molecule has 0 saturated heterocycles. The van der Waals surface area contributed by atoms with Crippen LogP contribution in [0.2, 0.25) is 0 Å². The first kappa shape index (κ1) is 11.0. The Hall–Kier alpha value is -1.46. The molecule has 0 saturated carbocycles. The van der Waals surface area contributed by atoms with Crippen LogP contribution in [0.25, 0.3) is 0 Å². The highest BCUT2D eigenvalue weighted by Crippen LogP contribution is 2.10. The predicted molar refractivity (Wildman–Crippen MR) is 63.6 cm³/mol. The number of H-pyrrole nitrogens is 1. The highest BCUT2D eigenvalue weighted by atomic mass is 32.1. The van der Waals surface area contributed by atoms with E-state index >= 15 is 0 Å². The summed E-state index contributed by atoms with van der Waals surface area (Å²) in [5.74, 6) is 0.563. The Balaban J connectivity index is 2.37. The summed E-state index contributed by atoms with van der Waals surface area (Å²) in [7, 11) is 0. The summed E-state index contributed by atoms with van der Waals surface area (Å²) in [4.78, 5) is 0. The van der Waals surface area contributed by atoms with Crippen molar-refractivity contribution >= 4 is 12.2 Å². The summed E-state index contributed by atoms with van der Waals surface area (Å²) < 4.78 is 2.34. The SMILES string of the molecule is Cc1ccccc1Cn1c(CO)n[nH]c1=S. The van der Waals surface area contributed by atoms with Crippen LogP contribution in [0.1, 0.15) is 17.0 Å². The minimum absolute atomic E-state index is 0.112. The molecule has 2 N–H and O–H groups in total. The molecule has 0 aliphatic carbocycles. The topological polar surface area (TPSA) is 53.8 Å². The van der Waals surface area contributed by atoms with Crippen molar-refractivity contribution in [1.82, 2.24) is 14.8 Å². The van der Waals surface area contributed by atoms with Gasteiger partial charge in [0.05, 0.1) is 6.54 Å². The molecule has 0 amide bonds. The average molecular weight is 235 g/mol. The van der Waals surface area contributed by atoms with Crippen LogP contribution in [0.3, 0.4) is 0 Å². The Bertz CT molecular complexity index is 544. The molecule has 4 nitrogen and oxygen atoms in total. The van der Waals surface area contributed by atoms with Gasteiger partial charge in [0.25, 0.3) is 0 Å². The largest absolute Gasteiger partial charge is 0.388 e. The van der Waals surface area contributed by atoms with Gasteiger partial charge in [-0.1, -0.05) is 24.3 Å². The number of hydrogen-bond acceptors (Lipinski definition) is 3. The van der Waals surface area contributed by atoms with Crippen molar-refractivity contribution < 1.29 is 5.11 Å². The van der Waals surface area contributed by atoms with Crippen LogP contribution in [-0.4, -0.2) is 19.9 Å². The second-order valence-corrected chi connectivity index (χ2v) is 4.00. The molecule has 1 aromatic heterocycles. The molecular weight excluding hydrogens is 222 g/mol. The lowest BCUT2D eigenvalue weighted by Gasteiger charge is -2.07. The molecule has 84 valence electrons. The Morgan fingerprint density at radius 2 is 2.19 bits per heavy atom. The van der Waals surface area contributed by atoms with Gasteiger partial charge >= 0.3 is 0 Å². The minimum atomic E-state index is -0.112. The fourth-order valence-corrected chi connectivity index (χ4v) is 1.81. The second kappa shape index (κ2) is 4.59. The van der Waals surface area contributed by atoms with Crippen molar-refractivity contribution in [3.8, 4) is 0 Å². The number of aromatic amines is 1. The molecule has 5 heteroatoms. The van der Waals surface area contributed by atoms with Gasteiger partial charge in [-0.3, -0.25) is 9.67 Å². The van der Waals surface area contributed by atoms with E-state index in [4.69, 9.17) is 17.3 Å². The van der Waals surface area contributed by atoms with Gasteiger partial charge in [0.15, 0.2) is 10.6 Å². The summed E-state index contributed by atoms with van der Waals surface area (Å²) >= 11 is 5.12. The number of nitrogens with zero attached hydrogens (tertiary/aromatic N) is 2. The first-order valence-electron chi connectivity index (χ1n) is 5.02. The highest BCUT2D eigenvalue weighted by molar-refractivity contribution is 7.71. The standard InChI is InChI=1S/C11H13N3OS/c1-8-4-2-3-5-9(8)6-14-10(7-15)12-13-11(14)16/h2-5,15H,6-7H2,1H3,(H,13,16). The van der Waals surface area contributed by atoms with Gasteiger partial charge < -0.3 is 5.11 Å². The smallest absolute Gasteiger partial charge is 0.195 e. The maximum atomic E-state index is 9.13. The molecule has 2 aromatic rings. The summed E-state index contributed by atoms with van der Waals surface area (Å²) in [5, 5.41) is 15.8. The van der Waals surface area contributed by atoms with E-state index in [2.05, 4.69) is 23.2 Å². The van der Waals surface area contributed by atoms with Crippen molar-refractivity contribution in [3.05, 3.63) is 46.0 Å². The van der Waals surface area contributed by atoms with Crippen LogP contribution >= 0.6 is 12.2 Å². The number of nitrogens with one attached hydrogen (secondary N) is 1. The van der Waals surface area contributed by atoms with E-state index in [9.17, 15) is 0 Å². The highest BCUT2D eigenvalue weighted by Gasteiger charge is 2.06. The van der Waals surface area contributed by atoms with E-state index in [1.54, 1.807) is 4.57 Å². The molecular formula is C11H13N3OS. The van der Waals surface area contributed by atoms with Gasteiger partial charge in [-0.05, 0) is 30.3 Å². The van der Waals surface area contributed by atoms with Crippen molar-refractivity contribution in [2.45, 2.75) is 20.1 Å². The molecule has 0 aliphatic heterocycles. The van der Waals surface area contributed by atoms with Crippen molar-refractivity contribution in [2.75, 3.05) is 0 Å². The van der Waals surface area contributed by atoms with Crippen molar-refractivity contribution in [3.63, 3.8) is 0 Å². The third-order valence-corrected chi connectivity index (χ3v) is 2.88. The zero-order chi connectivity index (χ0) is 11.5. The summed E-state index contributed by atoms with van der Waals surface area (Å²) in [6.45, 7) is 2.58. The molecule has 16 heavy (non-hydrogen) atoms. The Labute approximate surface area is 98.6 Å². The van der Waals surface area contributed by atoms with Gasteiger partial charge in [-0.25, -0.2) is 0 Å². The lowest BCUT2D eigenvalue weighted by Crippen LogP contribution is -2.06. The Morgan fingerprint density at radius 3 is 2.88 bits per heavy atom. The van der Waals surface area contributed by atoms with Gasteiger partial charge in [0.1, 0.15) is 6.61 Å². The molecule has 0 bridgehead atoms. The maximum Gasteiger partial charge on any atom is 0.195 e. The summed E-state index contributed by atoms with van der Waals surface area (Å²) in [5.41, 5.74) is 2.38. The number of aryl methyl sites for hydroxylation is 1. The third-order valence-electron chi connectivity index (χ3n) is 2.57. The molecule has 0 spiro atoms. The van der Waals surface area contributed by atoms with Gasteiger partial charge in [-0.15, -0.1) is 0 Å². The van der Waals surface area contributed by atoms with E-state index in [0.29, 0.717) is 17.1 Å². The molecule has 0 fully saturated rings. The fourth-order valence-electron chi connectivity index (χ4n) is 1.59. The molecule has 0 aliphatic rings. The molecule has 1 aromatic carbocycles. The Morgan fingerprint density at radius 1 is 1.44 bits per heavy atom. The number of rotatable bonds is 3. The van der Waals surface area contributed by atoms with E-state index < -0.39 is 0 Å². The molecule has 1 heterocycles. The van der Waals surface area contributed by atoms with Crippen LogP contribution in [0.15, 0.2) is 24.3 Å². The monoisotopic (exact) mass is 235 g/mol. The van der Waals surface area contributed by atoms with Crippen molar-refractivity contribution in [2.24, 2.45) is 0 Å². The molecule has 0 atom stereocenters. The zero-order valence-corrected chi connectivity index (χ0v) is 9.79. The molecule has 0 unspecified atom stereocenters. The van der Waals surface area contributed by atoms with Crippen LogP contribution in [0.4, 0.5) is 0 Å². The van der Waals surface area contributed by atoms with Gasteiger partial charge in [-0.2, -0.15) is 5.10 Å². The van der Waals surface area contributed by atoms with E-state index in [1.807, 2.05) is 18.2 Å². The quantitative estimate of drug-likeness (QED) is 0.797. The van der Waals surface area contributed by atoms with Crippen molar-refractivity contribution in [1.29, 1.82) is 0 Å². The van der Waals surface area contributed by atoms with E-state index in [1.165, 1.54) is 11.1 Å². The average Bonchev–Trinajstić information content (AvgIpc) is 2.63. The predicted octanol–water partition coefficient (Wildman–Crippen LogP) is 1.79. The minimum Gasteiger partial charge on any atom is -0.388 e. The number of hydrogen-bond donors (Lipinski definition) is 2. The normalized spacial score (nSPS) is 10.6. The first-order chi connectivity index (χ1) is 7.72. The van der Waals surface area contributed by atoms with Gasteiger partial charge in [0.2, 0.25) is 0 Å². The van der Waals surface area contributed by atoms with E-state index in [-0.39, 0.29) is 6.61 Å². The second-order valence-electron chi connectivity index (χ2n) is 3.62. The van der Waals surface area contributed by atoms with Crippen LogP contribution < -0.4 is 0 Å². The third kappa shape index (κ3) is 2.05. The van der Waals surface area contributed by atoms with E-state index in [0.717, 1.165) is 0 Å². The zero-order valence-electron chi connectivity index (χ0n) is 8.97. The van der Waals surface area contributed by atoms with Crippen LogP contribution in [-0.2, 0) is 13.2 Å². The van der Waals surface area contributed by atoms with Gasteiger partial charge in [0, 0.05) is 0 Å². The first-order valence-corrected chi connectivity index (χ1v) is 5.42. The number of aromatic nitrogens is 3. The Kier molecular flexibility index (Phi) is 3.17. The summed E-state index contributed by atoms with van der Waals surface area (Å²) in [6, 6.07) is 8.09. The fraction of sp³-hybridized carbons (Fsp3) is 0.273.